The number of carbonyl (C=O) groups is 3. The fraction of sp³-hybridized carbons (Fsp3) is 0.292. The second-order valence-electron chi connectivity index (χ2n) is 7.29. The maximum Gasteiger partial charge on any atom is 0.331 e. The summed E-state index contributed by atoms with van der Waals surface area (Å²) < 4.78 is 17.9. The first-order valence-corrected chi connectivity index (χ1v) is 12.2. The van der Waals surface area contributed by atoms with E-state index in [4.69, 9.17) is 14.2 Å². The van der Waals surface area contributed by atoms with E-state index in [0.717, 1.165) is 11.3 Å². The SMILES string of the molecule is CCCOc1ccc(CN2C(=O)NC(=O)/C(=C\c3cc(Br)c(OCC)c(Br)c3)C2=O)cc1OC. The molecule has 2 aromatic carbocycles. The summed E-state index contributed by atoms with van der Waals surface area (Å²) >= 11 is 6.88. The van der Waals surface area contributed by atoms with Gasteiger partial charge in [0.15, 0.2) is 11.5 Å². The number of imide groups is 2. The van der Waals surface area contributed by atoms with Crippen LogP contribution in [0, 0.1) is 0 Å². The number of methoxy groups -OCH3 is 1. The Balaban J connectivity index is 1.88. The number of carbonyl (C=O) groups excluding carboxylic acids is 3. The van der Waals surface area contributed by atoms with Gasteiger partial charge in [0.1, 0.15) is 11.3 Å². The molecule has 0 radical (unpaired) electrons. The third-order valence-corrected chi connectivity index (χ3v) is 6.01. The van der Waals surface area contributed by atoms with E-state index in [9.17, 15) is 14.4 Å². The van der Waals surface area contributed by atoms with Crippen molar-refractivity contribution in [3.8, 4) is 17.2 Å². The van der Waals surface area contributed by atoms with E-state index >= 15 is 0 Å². The van der Waals surface area contributed by atoms with E-state index < -0.39 is 17.8 Å². The van der Waals surface area contributed by atoms with Crippen molar-refractivity contribution < 1.29 is 28.6 Å². The molecule has 0 spiro atoms. The van der Waals surface area contributed by atoms with Crippen LogP contribution in [0.2, 0.25) is 0 Å². The average molecular weight is 596 g/mol. The van der Waals surface area contributed by atoms with Crippen LogP contribution in [0.4, 0.5) is 4.79 Å². The molecule has 34 heavy (non-hydrogen) atoms. The summed E-state index contributed by atoms with van der Waals surface area (Å²) in [7, 11) is 1.52. The van der Waals surface area contributed by atoms with Crippen LogP contribution in [-0.2, 0) is 16.1 Å². The van der Waals surface area contributed by atoms with Gasteiger partial charge in [-0.2, -0.15) is 0 Å². The molecule has 180 valence electrons. The molecule has 0 atom stereocenters. The highest BCUT2D eigenvalue weighted by atomic mass is 79.9. The van der Waals surface area contributed by atoms with E-state index in [1.807, 2.05) is 13.8 Å². The number of hydrogen-bond acceptors (Lipinski definition) is 6. The number of barbiturate groups is 1. The average Bonchev–Trinajstić information content (AvgIpc) is 2.80. The number of halogens is 2. The lowest BCUT2D eigenvalue weighted by atomic mass is 10.1. The van der Waals surface area contributed by atoms with Gasteiger partial charge in [0, 0.05) is 0 Å². The summed E-state index contributed by atoms with van der Waals surface area (Å²) in [5, 5.41) is 2.23. The predicted molar refractivity (Wildman–Crippen MR) is 134 cm³/mol. The molecule has 0 saturated carbocycles. The molecule has 1 saturated heterocycles. The maximum absolute atomic E-state index is 13.1. The molecule has 10 heteroatoms. The molecule has 4 amide bonds. The standard InChI is InChI=1S/C24H24Br2N2O6/c1-4-8-34-19-7-6-14(12-20(19)32-3)13-28-23(30)16(22(29)27-24(28)31)9-15-10-17(25)21(33-5-2)18(26)11-15/h6-7,9-12H,4-5,8,13H2,1-3H3,(H,27,29,31)/b16-9+. The van der Waals surface area contributed by atoms with Crippen molar-refractivity contribution in [3.63, 3.8) is 0 Å². The minimum absolute atomic E-state index is 0.0453. The van der Waals surface area contributed by atoms with Crippen molar-refractivity contribution in [1.82, 2.24) is 10.2 Å². The summed E-state index contributed by atoms with van der Waals surface area (Å²) in [6, 6.07) is 7.84. The molecular formula is C24H24Br2N2O6. The van der Waals surface area contributed by atoms with Gasteiger partial charge in [0.25, 0.3) is 11.8 Å². The van der Waals surface area contributed by atoms with Crippen LogP contribution in [0.1, 0.15) is 31.4 Å². The van der Waals surface area contributed by atoms with Crippen molar-refractivity contribution >= 4 is 55.8 Å². The Hall–Kier alpha value is -2.85. The normalized spacial score (nSPS) is 14.9. The minimum Gasteiger partial charge on any atom is -0.493 e. The lowest BCUT2D eigenvalue weighted by Gasteiger charge is -2.26. The largest absolute Gasteiger partial charge is 0.493 e. The van der Waals surface area contributed by atoms with E-state index in [0.29, 0.717) is 50.5 Å². The van der Waals surface area contributed by atoms with E-state index in [1.54, 1.807) is 30.3 Å². The highest BCUT2D eigenvalue weighted by molar-refractivity contribution is 9.11. The Morgan fingerprint density at radius 3 is 2.32 bits per heavy atom. The van der Waals surface area contributed by atoms with Crippen LogP contribution in [0.25, 0.3) is 6.08 Å². The van der Waals surface area contributed by atoms with Gasteiger partial charge in [-0.25, -0.2) is 4.79 Å². The molecule has 1 aliphatic heterocycles. The Kier molecular flexibility index (Phi) is 8.73. The van der Waals surface area contributed by atoms with Gasteiger partial charge in [-0.15, -0.1) is 0 Å². The fourth-order valence-corrected chi connectivity index (χ4v) is 4.72. The Morgan fingerprint density at radius 1 is 1.00 bits per heavy atom. The number of benzene rings is 2. The lowest BCUT2D eigenvalue weighted by molar-refractivity contribution is -0.130. The Bertz CT molecular complexity index is 1130. The summed E-state index contributed by atoms with van der Waals surface area (Å²) in [4.78, 5) is 39.0. The van der Waals surface area contributed by atoms with Gasteiger partial charge in [-0.1, -0.05) is 13.0 Å². The van der Waals surface area contributed by atoms with Gasteiger partial charge in [-0.3, -0.25) is 19.8 Å². The van der Waals surface area contributed by atoms with Gasteiger partial charge in [-0.05, 0) is 86.7 Å². The minimum atomic E-state index is -0.786. The number of nitrogens with one attached hydrogen (secondary N) is 1. The number of nitrogens with zero attached hydrogens (tertiary/aromatic N) is 1. The molecule has 8 nitrogen and oxygen atoms in total. The molecule has 0 aromatic heterocycles. The predicted octanol–water partition coefficient (Wildman–Crippen LogP) is 5.07. The quantitative estimate of drug-likeness (QED) is 0.321. The molecule has 0 bridgehead atoms. The third kappa shape index (κ3) is 5.79. The number of urea groups is 1. The summed E-state index contributed by atoms with van der Waals surface area (Å²) in [6.07, 6.45) is 2.28. The van der Waals surface area contributed by atoms with Gasteiger partial charge < -0.3 is 14.2 Å². The van der Waals surface area contributed by atoms with Crippen LogP contribution in [0.15, 0.2) is 44.9 Å². The lowest BCUT2D eigenvalue weighted by Crippen LogP contribution is -2.53. The summed E-state index contributed by atoms with van der Waals surface area (Å²) in [5.41, 5.74) is 1.07. The molecule has 0 aliphatic carbocycles. The van der Waals surface area contributed by atoms with Crippen molar-refractivity contribution in [2.45, 2.75) is 26.8 Å². The van der Waals surface area contributed by atoms with Gasteiger partial charge >= 0.3 is 6.03 Å². The topological polar surface area (TPSA) is 94.2 Å². The molecular weight excluding hydrogens is 572 g/mol. The second kappa shape index (κ2) is 11.5. The van der Waals surface area contributed by atoms with Crippen LogP contribution in [0.5, 0.6) is 17.2 Å². The first kappa shape index (κ1) is 25.8. The first-order valence-electron chi connectivity index (χ1n) is 10.6. The zero-order valence-corrected chi connectivity index (χ0v) is 22.1. The fourth-order valence-electron chi connectivity index (χ4n) is 3.27. The van der Waals surface area contributed by atoms with Gasteiger partial charge in [0.2, 0.25) is 0 Å². The first-order chi connectivity index (χ1) is 16.3. The number of amides is 4. The molecule has 1 fully saturated rings. The van der Waals surface area contributed by atoms with Crippen molar-refractivity contribution in [2.24, 2.45) is 0 Å². The van der Waals surface area contributed by atoms with Crippen LogP contribution >= 0.6 is 31.9 Å². The van der Waals surface area contributed by atoms with Crippen LogP contribution < -0.4 is 19.5 Å². The summed E-state index contributed by atoms with van der Waals surface area (Å²) in [6.45, 7) is 4.84. The molecule has 0 unspecified atom stereocenters. The number of hydrogen-bond donors (Lipinski definition) is 1. The Labute approximate surface area is 214 Å². The number of ether oxygens (including phenoxy) is 3. The van der Waals surface area contributed by atoms with Crippen LogP contribution in [0.3, 0.4) is 0 Å². The second-order valence-corrected chi connectivity index (χ2v) is 9.00. The molecule has 2 aromatic rings. The Morgan fingerprint density at radius 2 is 1.71 bits per heavy atom. The highest BCUT2D eigenvalue weighted by Gasteiger charge is 2.36. The van der Waals surface area contributed by atoms with E-state index in [1.165, 1.54) is 13.2 Å². The number of rotatable bonds is 9. The molecule has 1 heterocycles. The molecule has 1 N–H and O–H groups in total. The zero-order valence-electron chi connectivity index (χ0n) is 18.9. The zero-order chi connectivity index (χ0) is 24.8. The van der Waals surface area contributed by atoms with Crippen molar-refractivity contribution in [1.29, 1.82) is 0 Å². The van der Waals surface area contributed by atoms with Crippen molar-refractivity contribution in [3.05, 3.63) is 56.0 Å². The van der Waals surface area contributed by atoms with Crippen molar-refractivity contribution in [2.75, 3.05) is 20.3 Å². The van der Waals surface area contributed by atoms with Gasteiger partial charge in [0.05, 0.1) is 35.8 Å². The smallest absolute Gasteiger partial charge is 0.331 e. The highest BCUT2D eigenvalue weighted by Crippen LogP contribution is 2.36. The maximum atomic E-state index is 13.1. The van der Waals surface area contributed by atoms with E-state index in [-0.39, 0.29) is 12.1 Å². The summed E-state index contributed by atoms with van der Waals surface area (Å²) in [5.74, 6) is 0.228. The monoisotopic (exact) mass is 594 g/mol. The third-order valence-electron chi connectivity index (χ3n) is 4.84. The molecule has 1 aliphatic rings. The van der Waals surface area contributed by atoms with E-state index in [2.05, 4.69) is 37.2 Å². The van der Waals surface area contributed by atoms with Crippen LogP contribution in [-0.4, -0.2) is 43.1 Å². The molecule has 3 rings (SSSR count).